The molecule has 0 spiro atoms. The van der Waals surface area contributed by atoms with Crippen LogP contribution in [-0.4, -0.2) is 67.7 Å². The number of likely N-dealkylation sites (tertiary alicyclic amines) is 1. The molecule has 4 rings (SSSR count). The van der Waals surface area contributed by atoms with Crippen molar-refractivity contribution in [1.82, 2.24) is 14.1 Å². The molecule has 6 nitrogen and oxygen atoms in total. The van der Waals surface area contributed by atoms with Crippen LogP contribution >= 0.6 is 11.6 Å². The number of hydrogen-bond donors (Lipinski definition) is 0. The fourth-order valence-electron chi connectivity index (χ4n) is 4.41. The molecule has 1 amide bonds. The van der Waals surface area contributed by atoms with Crippen LogP contribution in [0.4, 0.5) is 0 Å². The Labute approximate surface area is 189 Å². The molecule has 2 fully saturated rings. The average Bonchev–Trinajstić information content (AvgIpc) is 2.80. The predicted octanol–water partition coefficient (Wildman–Crippen LogP) is 3.09. The van der Waals surface area contributed by atoms with E-state index >= 15 is 0 Å². The van der Waals surface area contributed by atoms with Crippen molar-refractivity contribution in [2.24, 2.45) is 5.92 Å². The molecule has 0 aliphatic carbocycles. The predicted molar refractivity (Wildman–Crippen MR) is 121 cm³/mol. The van der Waals surface area contributed by atoms with Gasteiger partial charge in [-0.15, -0.1) is 0 Å². The summed E-state index contributed by atoms with van der Waals surface area (Å²) in [4.78, 5) is 17.6. The second kappa shape index (κ2) is 9.69. The zero-order chi connectivity index (χ0) is 21.8. The van der Waals surface area contributed by atoms with E-state index in [1.54, 1.807) is 12.1 Å². The Balaban J connectivity index is 1.33. The quantitative estimate of drug-likeness (QED) is 0.686. The first-order valence-electron chi connectivity index (χ1n) is 10.7. The topological polar surface area (TPSA) is 60.9 Å². The van der Waals surface area contributed by atoms with Crippen molar-refractivity contribution in [2.75, 3.05) is 39.3 Å². The Kier molecular flexibility index (Phi) is 6.96. The summed E-state index contributed by atoms with van der Waals surface area (Å²) >= 11 is 5.87. The minimum Gasteiger partial charge on any atom is -0.340 e. The van der Waals surface area contributed by atoms with Gasteiger partial charge in [0, 0.05) is 44.3 Å². The Morgan fingerprint density at radius 1 is 0.935 bits per heavy atom. The molecular weight excluding hydrogens is 434 g/mol. The van der Waals surface area contributed by atoms with Gasteiger partial charge in [-0.25, -0.2) is 8.42 Å². The number of hydrogen-bond acceptors (Lipinski definition) is 4. The number of amides is 1. The van der Waals surface area contributed by atoms with Gasteiger partial charge in [-0.2, -0.15) is 4.31 Å². The van der Waals surface area contributed by atoms with Crippen LogP contribution in [0.2, 0.25) is 5.02 Å². The summed E-state index contributed by atoms with van der Waals surface area (Å²) in [7, 11) is -3.57. The molecule has 2 aliphatic heterocycles. The molecule has 0 bridgehead atoms. The van der Waals surface area contributed by atoms with E-state index in [-0.39, 0.29) is 16.7 Å². The minimum atomic E-state index is -3.57. The van der Waals surface area contributed by atoms with E-state index < -0.39 is 10.0 Å². The summed E-state index contributed by atoms with van der Waals surface area (Å²) in [5.74, 6) is 0.137. The van der Waals surface area contributed by atoms with Crippen LogP contribution < -0.4 is 0 Å². The molecule has 2 aliphatic rings. The lowest BCUT2D eigenvalue weighted by Gasteiger charge is -2.38. The summed E-state index contributed by atoms with van der Waals surface area (Å²) in [6.45, 7) is 4.12. The zero-order valence-electron chi connectivity index (χ0n) is 17.5. The molecule has 0 aromatic heterocycles. The molecule has 0 N–H and O–H groups in total. The van der Waals surface area contributed by atoms with Crippen molar-refractivity contribution in [3.63, 3.8) is 0 Å². The molecule has 2 saturated heterocycles. The summed E-state index contributed by atoms with van der Waals surface area (Å²) in [5, 5.41) is 0.503. The molecule has 0 saturated carbocycles. The second-order valence-electron chi connectivity index (χ2n) is 8.24. The average molecular weight is 462 g/mol. The maximum absolute atomic E-state index is 13.1. The summed E-state index contributed by atoms with van der Waals surface area (Å²) in [5.41, 5.74) is 1.26. The van der Waals surface area contributed by atoms with Crippen molar-refractivity contribution in [1.29, 1.82) is 0 Å². The zero-order valence-corrected chi connectivity index (χ0v) is 19.1. The number of carbonyl (C=O) groups excluding carboxylic acids is 1. The van der Waals surface area contributed by atoms with Crippen molar-refractivity contribution >= 4 is 27.5 Å². The van der Waals surface area contributed by atoms with E-state index in [0.717, 1.165) is 32.5 Å². The lowest BCUT2D eigenvalue weighted by Crippen LogP contribution is -2.53. The molecule has 2 heterocycles. The lowest BCUT2D eigenvalue weighted by molar-refractivity contribution is -0.138. The number of rotatable bonds is 5. The monoisotopic (exact) mass is 461 g/mol. The Hall–Kier alpha value is -1.93. The van der Waals surface area contributed by atoms with Gasteiger partial charge < -0.3 is 4.90 Å². The van der Waals surface area contributed by atoms with Crippen LogP contribution in [0.25, 0.3) is 0 Å². The highest BCUT2D eigenvalue weighted by Crippen LogP contribution is 2.23. The van der Waals surface area contributed by atoms with Crippen LogP contribution in [0.5, 0.6) is 0 Å². The van der Waals surface area contributed by atoms with Gasteiger partial charge in [-0.3, -0.25) is 9.69 Å². The summed E-state index contributed by atoms with van der Waals surface area (Å²) < 4.78 is 27.2. The molecule has 31 heavy (non-hydrogen) atoms. The Morgan fingerprint density at radius 3 is 2.29 bits per heavy atom. The van der Waals surface area contributed by atoms with Crippen molar-refractivity contribution < 1.29 is 13.2 Å². The van der Waals surface area contributed by atoms with Crippen LogP contribution in [-0.2, 0) is 21.4 Å². The second-order valence-corrected chi connectivity index (χ2v) is 10.6. The fourth-order valence-corrected chi connectivity index (χ4v) is 5.95. The first kappa shape index (κ1) is 22.3. The maximum atomic E-state index is 13.1. The third kappa shape index (κ3) is 5.29. The van der Waals surface area contributed by atoms with Gasteiger partial charge in [0.05, 0.1) is 10.8 Å². The number of halogens is 1. The van der Waals surface area contributed by atoms with E-state index in [9.17, 15) is 13.2 Å². The smallest absolute Gasteiger partial charge is 0.243 e. The number of carbonyl (C=O) groups is 1. The number of piperazine rings is 1. The minimum absolute atomic E-state index is 0.0168. The summed E-state index contributed by atoms with van der Waals surface area (Å²) in [6, 6.07) is 16.5. The fraction of sp³-hybridized carbons (Fsp3) is 0.435. The molecule has 1 unspecified atom stereocenters. The molecule has 8 heteroatoms. The van der Waals surface area contributed by atoms with Gasteiger partial charge in [0.15, 0.2) is 0 Å². The highest BCUT2D eigenvalue weighted by atomic mass is 35.5. The van der Waals surface area contributed by atoms with Crippen molar-refractivity contribution in [3.05, 3.63) is 65.2 Å². The molecule has 2 aromatic carbocycles. The van der Waals surface area contributed by atoms with Crippen LogP contribution in [0.1, 0.15) is 18.4 Å². The first-order chi connectivity index (χ1) is 14.9. The highest BCUT2D eigenvalue weighted by molar-refractivity contribution is 7.89. The molecule has 2 aromatic rings. The van der Waals surface area contributed by atoms with Gasteiger partial charge in [0.1, 0.15) is 0 Å². The van der Waals surface area contributed by atoms with Gasteiger partial charge in [0.25, 0.3) is 0 Å². The Bertz CT molecular complexity index is 990. The first-order valence-corrected chi connectivity index (χ1v) is 12.6. The van der Waals surface area contributed by atoms with Crippen LogP contribution in [0, 0.1) is 5.92 Å². The number of sulfonamides is 1. The van der Waals surface area contributed by atoms with Gasteiger partial charge >= 0.3 is 0 Å². The number of piperidine rings is 1. The number of benzene rings is 2. The largest absolute Gasteiger partial charge is 0.340 e. The van der Waals surface area contributed by atoms with E-state index in [2.05, 4.69) is 17.0 Å². The van der Waals surface area contributed by atoms with Gasteiger partial charge in [-0.1, -0.05) is 41.9 Å². The van der Waals surface area contributed by atoms with E-state index in [1.165, 1.54) is 22.0 Å². The van der Waals surface area contributed by atoms with Crippen LogP contribution in [0.15, 0.2) is 59.5 Å². The Morgan fingerprint density at radius 2 is 1.61 bits per heavy atom. The van der Waals surface area contributed by atoms with Crippen LogP contribution in [0.3, 0.4) is 0 Å². The molecule has 1 atom stereocenters. The molecule has 0 radical (unpaired) electrons. The number of nitrogens with zero attached hydrogens (tertiary/aromatic N) is 3. The van der Waals surface area contributed by atoms with Crippen molar-refractivity contribution in [2.45, 2.75) is 24.3 Å². The third-order valence-electron chi connectivity index (χ3n) is 6.11. The molecule has 166 valence electrons. The maximum Gasteiger partial charge on any atom is 0.243 e. The summed E-state index contributed by atoms with van der Waals surface area (Å²) in [6.07, 6.45) is 1.90. The normalized spacial score (nSPS) is 21.2. The SMILES string of the molecule is O=C(C1CCCN(Cc2ccccc2)C1)N1CCN(S(=O)(=O)c2ccc(Cl)cc2)CC1. The highest BCUT2D eigenvalue weighted by Gasteiger charge is 2.34. The van der Waals surface area contributed by atoms with E-state index in [4.69, 9.17) is 11.6 Å². The third-order valence-corrected chi connectivity index (χ3v) is 8.27. The van der Waals surface area contributed by atoms with Gasteiger partial charge in [0.2, 0.25) is 15.9 Å². The van der Waals surface area contributed by atoms with Crippen molar-refractivity contribution in [3.8, 4) is 0 Å². The van der Waals surface area contributed by atoms with E-state index in [1.807, 2.05) is 23.1 Å². The lowest BCUT2D eigenvalue weighted by atomic mass is 9.95. The van der Waals surface area contributed by atoms with E-state index in [0.29, 0.717) is 31.2 Å². The molecular formula is C23H28ClN3O3S. The standard InChI is InChI=1S/C23H28ClN3O3S/c24-21-8-10-22(11-9-21)31(29,30)27-15-13-26(14-16-27)23(28)20-7-4-12-25(18-20)17-19-5-2-1-3-6-19/h1-3,5-6,8-11,20H,4,7,12-18H2. The van der Waals surface area contributed by atoms with Gasteiger partial charge in [-0.05, 0) is 49.2 Å².